The van der Waals surface area contributed by atoms with E-state index >= 15 is 0 Å². The molecule has 140 valence electrons. The van der Waals surface area contributed by atoms with Crippen LogP contribution in [0, 0.1) is 12.7 Å². The molecule has 3 heterocycles. The molecule has 2 aliphatic heterocycles. The molecule has 0 unspecified atom stereocenters. The second kappa shape index (κ2) is 6.35. The Morgan fingerprint density at radius 2 is 2.04 bits per heavy atom. The van der Waals surface area contributed by atoms with Gasteiger partial charge in [-0.1, -0.05) is 0 Å². The first-order valence-corrected chi connectivity index (χ1v) is 10.7. The minimum absolute atomic E-state index is 0.146. The van der Waals surface area contributed by atoms with Crippen molar-refractivity contribution in [3.63, 3.8) is 0 Å². The molecule has 2 fully saturated rings. The summed E-state index contributed by atoms with van der Waals surface area (Å²) >= 11 is 0. The quantitative estimate of drug-likeness (QED) is 0.818. The molecule has 1 aromatic carbocycles. The minimum Gasteiger partial charge on any atom is -0.451 e. The lowest BCUT2D eigenvalue weighted by molar-refractivity contribution is -0.925. The van der Waals surface area contributed by atoms with E-state index in [0.29, 0.717) is 36.0 Å². The summed E-state index contributed by atoms with van der Waals surface area (Å²) in [6.07, 6.45) is 0.708. The van der Waals surface area contributed by atoms with E-state index in [-0.39, 0.29) is 35.0 Å². The molecule has 0 bridgehead atoms. The highest BCUT2D eigenvalue weighted by Crippen LogP contribution is 2.27. The Hall–Kier alpha value is -1.93. The van der Waals surface area contributed by atoms with Crippen LogP contribution in [0.3, 0.4) is 0 Å². The largest absolute Gasteiger partial charge is 0.451 e. The van der Waals surface area contributed by atoms with Crippen molar-refractivity contribution in [3.05, 3.63) is 35.3 Å². The van der Waals surface area contributed by atoms with Gasteiger partial charge < -0.3 is 14.2 Å². The lowest BCUT2D eigenvalue weighted by Gasteiger charge is -2.34. The van der Waals surface area contributed by atoms with Crippen LogP contribution in [0.1, 0.15) is 22.5 Å². The number of amides is 1. The average Bonchev–Trinajstić information content (AvgIpc) is 3.14. The van der Waals surface area contributed by atoms with Crippen LogP contribution in [0.15, 0.2) is 22.6 Å². The van der Waals surface area contributed by atoms with E-state index in [1.807, 2.05) is 0 Å². The molecule has 0 spiro atoms. The first-order valence-electron chi connectivity index (χ1n) is 8.87. The standard InChI is InChI=1S/C18H21FN2O4S/c1-12-15-10-13(19)2-3-16(15)25-17(12)18(22)21-7-5-20(6-8-21)14-4-9-26(23,24)11-14/h2-3,10,14H,4-9,11H2,1H3/p+1/t14-/m0/s1. The summed E-state index contributed by atoms with van der Waals surface area (Å²) in [7, 11) is -2.89. The van der Waals surface area contributed by atoms with Crippen molar-refractivity contribution in [3.8, 4) is 0 Å². The van der Waals surface area contributed by atoms with Crippen LogP contribution < -0.4 is 4.90 Å². The zero-order valence-electron chi connectivity index (χ0n) is 14.6. The molecule has 0 aliphatic carbocycles. The highest BCUT2D eigenvalue weighted by Gasteiger charge is 2.38. The molecule has 8 heteroatoms. The molecule has 0 saturated carbocycles. The normalized spacial score (nSPS) is 23.6. The number of carbonyl (C=O) groups excluding carboxylic acids is 1. The Morgan fingerprint density at radius 1 is 1.31 bits per heavy atom. The SMILES string of the molecule is Cc1c(C(=O)N2CC[NH+]([C@H]3CCS(=O)(=O)C3)CC2)oc2ccc(F)cc12. The fourth-order valence-electron chi connectivity index (χ4n) is 4.06. The van der Waals surface area contributed by atoms with Crippen LogP contribution in [-0.4, -0.2) is 63.0 Å². The number of piperazine rings is 1. The second-order valence-corrected chi connectivity index (χ2v) is 9.48. The Balaban J connectivity index is 1.46. The Labute approximate surface area is 151 Å². The molecule has 2 saturated heterocycles. The lowest BCUT2D eigenvalue weighted by atomic mass is 10.1. The number of quaternary nitrogens is 1. The van der Waals surface area contributed by atoms with Gasteiger partial charge in [0.1, 0.15) is 23.2 Å². The molecule has 1 atom stereocenters. The molecule has 1 N–H and O–H groups in total. The first-order chi connectivity index (χ1) is 12.3. The highest BCUT2D eigenvalue weighted by atomic mass is 32.2. The summed E-state index contributed by atoms with van der Waals surface area (Å²) in [6.45, 7) is 4.37. The van der Waals surface area contributed by atoms with Gasteiger partial charge in [-0.05, 0) is 25.1 Å². The van der Waals surface area contributed by atoms with E-state index in [0.717, 1.165) is 13.1 Å². The summed E-state index contributed by atoms with van der Waals surface area (Å²) in [5.74, 6) is 0.252. The van der Waals surface area contributed by atoms with E-state index in [9.17, 15) is 17.6 Å². The molecule has 1 amide bonds. The maximum atomic E-state index is 13.4. The third-order valence-corrected chi connectivity index (χ3v) is 7.36. The van der Waals surface area contributed by atoms with Crippen LogP contribution in [-0.2, 0) is 9.84 Å². The monoisotopic (exact) mass is 381 g/mol. The third kappa shape index (κ3) is 3.12. The van der Waals surface area contributed by atoms with Crippen molar-refractivity contribution < 1.29 is 26.9 Å². The fraction of sp³-hybridized carbons (Fsp3) is 0.500. The van der Waals surface area contributed by atoms with Crippen molar-refractivity contribution in [1.29, 1.82) is 0 Å². The van der Waals surface area contributed by atoms with Crippen molar-refractivity contribution in [2.75, 3.05) is 37.7 Å². The lowest BCUT2D eigenvalue weighted by Crippen LogP contribution is -3.18. The topological polar surface area (TPSA) is 72.0 Å². The number of hydrogen-bond donors (Lipinski definition) is 1. The van der Waals surface area contributed by atoms with Crippen molar-refractivity contribution in [2.45, 2.75) is 19.4 Å². The number of carbonyl (C=O) groups is 1. The molecule has 26 heavy (non-hydrogen) atoms. The third-order valence-electron chi connectivity index (χ3n) is 5.60. The van der Waals surface area contributed by atoms with Gasteiger partial charge in [0.05, 0.1) is 31.9 Å². The highest BCUT2D eigenvalue weighted by molar-refractivity contribution is 7.91. The maximum absolute atomic E-state index is 13.4. The number of halogens is 1. The zero-order chi connectivity index (χ0) is 18.5. The van der Waals surface area contributed by atoms with Crippen molar-refractivity contribution in [1.82, 2.24) is 4.90 Å². The van der Waals surface area contributed by atoms with Gasteiger partial charge in [0.25, 0.3) is 5.91 Å². The molecule has 6 nitrogen and oxygen atoms in total. The van der Waals surface area contributed by atoms with Gasteiger partial charge in [0.15, 0.2) is 15.6 Å². The smallest absolute Gasteiger partial charge is 0.290 e. The van der Waals surface area contributed by atoms with Gasteiger partial charge in [0, 0.05) is 17.4 Å². The molecule has 1 aromatic heterocycles. The van der Waals surface area contributed by atoms with Gasteiger partial charge in [-0.3, -0.25) is 4.79 Å². The summed E-state index contributed by atoms with van der Waals surface area (Å²) < 4.78 is 42.5. The minimum atomic E-state index is -2.89. The zero-order valence-corrected chi connectivity index (χ0v) is 15.4. The number of fused-ring (bicyclic) bond motifs is 1. The van der Waals surface area contributed by atoms with Crippen LogP contribution in [0.2, 0.25) is 0 Å². The number of rotatable bonds is 2. The van der Waals surface area contributed by atoms with Crippen LogP contribution >= 0.6 is 0 Å². The van der Waals surface area contributed by atoms with Gasteiger partial charge in [-0.2, -0.15) is 0 Å². The molecule has 0 radical (unpaired) electrons. The number of nitrogens with zero attached hydrogens (tertiary/aromatic N) is 1. The second-order valence-electron chi connectivity index (χ2n) is 7.25. The molecular formula is C18H22FN2O4S+. The number of sulfone groups is 1. The van der Waals surface area contributed by atoms with Crippen LogP contribution in [0.5, 0.6) is 0 Å². The van der Waals surface area contributed by atoms with Crippen LogP contribution in [0.25, 0.3) is 11.0 Å². The predicted octanol–water partition coefficient (Wildman–Crippen LogP) is 0.408. The molecule has 2 aromatic rings. The van der Waals surface area contributed by atoms with E-state index < -0.39 is 9.84 Å². The number of benzene rings is 1. The van der Waals surface area contributed by atoms with Crippen LogP contribution in [0.4, 0.5) is 4.39 Å². The van der Waals surface area contributed by atoms with Gasteiger partial charge in [-0.25, -0.2) is 12.8 Å². The molecular weight excluding hydrogens is 359 g/mol. The van der Waals surface area contributed by atoms with Crippen molar-refractivity contribution in [2.24, 2.45) is 0 Å². The maximum Gasteiger partial charge on any atom is 0.290 e. The summed E-state index contributed by atoms with van der Waals surface area (Å²) in [4.78, 5) is 15.8. The summed E-state index contributed by atoms with van der Waals surface area (Å²) in [6, 6.07) is 4.38. The Morgan fingerprint density at radius 3 is 2.69 bits per heavy atom. The van der Waals surface area contributed by atoms with E-state index in [1.165, 1.54) is 23.1 Å². The average molecular weight is 381 g/mol. The van der Waals surface area contributed by atoms with Crippen molar-refractivity contribution >= 4 is 26.7 Å². The summed E-state index contributed by atoms with van der Waals surface area (Å²) in [5.41, 5.74) is 1.16. The van der Waals surface area contributed by atoms with E-state index in [1.54, 1.807) is 11.8 Å². The molecule has 2 aliphatic rings. The number of aryl methyl sites for hydroxylation is 1. The van der Waals surface area contributed by atoms with Gasteiger partial charge in [-0.15, -0.1) is 0 Å². The number of nitrogens with one attached hydrogen (secondary N) is 1. The predicted molar refractivity (Wildman–Crippen MR) is 94.6 cm³/mol. The first kappa shape index (κ1) is 17.5. The Kier molecular flexibility index (Phi) is 4.27. The fourth-order valence-corrected chi connectivity index (χ4v) is 5.89. The number of hydrogen-bond acceptors (Lipinski definition) is 4. The van der Waals surface area contributed by atoms with E-state index in [2.05, 4.69) is 0 Å². The molecule has 4 rings (SSSR count). The van der Waals surface area contributed by atoms with Gasteiger partial charge in [0.2, 0.25) is 0 Å². The summed E-state index contributed by atoms with van der Waals surface area (Å²) in [5, 5.41) is 0.619. The Bertz CT molecular complexity index is 961. The number of furan rings is 1. The van der Waals surface area contributed by atoms with Gasteiger partial charge >= 0.3 is 0 Å². The van der Waals surface area contributed by atoms with E-state index in [4.69, 9.17) is 4.42 Å².